The third-order valence-corrected chi connectivity index (χ3v) is 2.87. The maximum Gasteiger partial charge on any atom is 0.236 e. The van der Waals surface area contributed by atoms with Crippen LogP contribution >= 0.6 is 0 Å². The highest BCUT2D eigenvalue weighted by molar-refractivity contribution is 5.81. The second kappa shape index (κ2) is 11.9. The van der Waals surface area contributed by atoms with Gasteiger partial charge in [0.15, 0.2) is 0 Å². The van der Waals surface area contributed by atoms with Crippen LogP contribution in [0, 0.1) is 0 Å². The van der Waals surface area contributed by atoms with Crippen LogP contribution in [0.2, 0.25) is 0 Å². The molecule has 0 radical (unpaired) electrons. The first-order chi connectivity index (χ1) is 9.11. The summed E-state index contributed by atoms with van der Waals surface area (Å²) in [6, 6.07) is -0.452. The number of carbonyl (C=O) groups is 2. The van der Waals surface area contributed by atoms with Crippen molar-refractivity contribution in [2.24, 2.45) is 11.5 Å². The summed E-state index contributed by atoms with van der Waals surface area (Å²) in [6.07, 6.45) is 5.52. The van der Waals surface area contributed by atoms with Gasteiger partial charge in [-0.3, -0.25) is 9.59 Å². The van der Waals surface area contributed by atoms with Crippen LogP contribution in [-0.2, 0) is 9.59 Å². The van der Waals surface area contributed by atoms with Crippen molar-refractivity contribution >= 4 is 11.8 Å². The van der Waals surface area contributed by atoms with E-state index in [1.165, 1.54) is 0 Å². The highest BCUT2D eigenvalue weighted by atomic mass is 16.2. The Bertz CT molecular complexity index is 259. The lowest BCUT2D eigenvalue weighted by atomic mass is 10.1. The zero-order valence-corrected chi connectivity index (χ0v) is 11.9. The smallest absolute Gasteiger partial charge is 0.236 e. The normalized spacial score (nSPS) is 11.9. The minimum atomic E-state index is -0.452. The molecule has 0 saturated heterocycles. The Morgan fingerprint density at radius 1 is 1.05 bits per heavy atom. The highest BCUT2D eigenvalue weighted by Crippen LogP contribution is 1.99. The number of hydrogen-bond acceptors (Lipinski definition) is 4. The van der Waals surface area contributed by atoms with E-state index >= 15 is 0 Å². The van der Waals surface area contributed by atoms with E-state index in [1.807, 2.05) is 0 Å². The monoisotopic (exact) mass is 272 g/mol. The lowest BCUT2D eigenvalue weighted by molar-refractivity contribution is -0.122. The molecule has 0 aromatic heterocycles. The molecular weight excluding hydrogens is 244 g/mol. The predicted octanol–water partition coefficient (Wildman–Crippen LogP) is -0.135. The van der Waals surface area contributed by atoms with Crippen molar-refractivity contribution in [2.45, 2.75) is 51.5 Å². The molecule has 0 fully saturated rings. The number of nitrogens with one attached hydrogen (secondary N) is 2. The van der Waals surface area contributed by atoms with E-state index in [0.29, 0.717) is 19.5 Å². The van der Waals surface area contributed by atoms with Gasteiger partial charge in [-0.25, -0.2) is 0 Å². The minimum absolute atomic E-state index is 0.0136. The maximum atomic E-state index is 11.6. The van der Waals surface area contributed by atoms with Gasteiger partial charge in [-0.15, -0.1) is 0 Å². The second-order valence-corrected chi connectivity index (χ2v) is 4.65. The summed E-state index contributed by atoms with van der Waals surface area (Å²) in [5.41, 5.74) is 10.9. The van der Waals surface area contributed by atoms with Gasteiger partial charge < -0.3 is 22.1 Å². The lowest BCUT2D eigenvalue weighted by Crippen LogP contribution is -2.41. The van der Waals surface area contributed by atoms with Crippen LogP contribution < -0.4 is 22.1 Å². The van der Waals surface area contributed by atoms with Crippen LogP contribution in [0.5, 0.6) is 0 Å². The first-order valence-corrected chi connectivity index (χ1v) is 7.11. The van der Waals surface area contributed by atoms with E-state index in [4.69, 9.17) is 11.5 Å². The van der Waals surface area contributed by atoms with Gasteiger partial charge in [-0.2, -0.15) is 0 Å². The largest absolute Gasteiger partial charge is 0.355 e. The Kier molecular flexibility index (Phi) is 11.2. The molecule has 0 heterocycles. The zero-order valence-electron chi connectivity index (χ0n) is 11.9. The summed E-state index contributed by atoms with van der Waals surface area (Å²) in [4.78, 5) is 22.5. The average molecular weight is 272 g/mol. The number of hydrogen-bond donors (Lipinski definition) is 4. The fourth-order valence-corrected chi connectivity index (χ4v) is 1.64. The number of unbranched alkanes of at least 4 members (excludes halogenated alkanes) is 3. The van der Waals surface area contributed by atoms with E-state index in [2.05, 4.69) is 17.6 Å². The van der Waals surface area contributed by atoms with Crippen molar-refractivity contribution in [3.8, 4) is 0 Å². The fourth-order valence-electron chi connectivity index (χ4n) is 1.64. The van der Waals surface area contributed by atoms with Crippen molar-refractivity contribution in [3.63, 3.8) is 0 Å². The van der Waals surface area contributed by atoms with E-state index in [1.54, 1.807) is 0 Å². The van der Waals surface area contributed by atoms with E-state index in [0.717, 1.165) is 32.1 Å². The summed E-state index contributed by atoms with van der Waals surface area (Å²) in [5.74, 6) is -0.236. The van der Waals surface area contributed by atoms with Crippen LogP contribution in [0.4, 0.5) is 0 Å². The molecule has 0 aliphatic rings. The summed E-state index contributed by atoms with van der Waals surface area (Å²) in [7, 11) is 0. The fraction of sp³-hybridized carbons (Fsp3) is 0.846. The molecule has 0 aromatic carbocycles. The molecule has 6 N–H and O–H groups in total. The molecule has 0 rings (SSSR count). The van der Waals surface area contributed by atoms with Gasteiger partial charge in [0.05, 0.1) is 12.6 Å². The molecule has 112 valence electrons. The molecule has 1 atom stereocenters. The predicted molar refractivity (Wildman–Crippen MR) is 76.4 cm³/mol. The van der Waals surface area contributed by atoms with Gasteiger partial charge >= 0.3 is 0 Å². The molecule has 0 bridgehead atoms. The van der Waals surface area contributed by atoms with Crippen LogP contribution in [0.25, 0.3) is 0 Å². The van der Waals surface area contributed by atoms with Gasteiger partial charge in [-0.1, -0.05) is 19.8 Å². The first kappa shape index (κ1) is 17.9. The third-order valence-electron chi connectivity index (χ3n) is 2.87. The molecule has 0 saturated carbocycles. The van der Waals surface area contributed by atoms with Crippen molar-refractivity contribution in [1.29, 1.82) is 0 Å². The summed E-state index contributed by atoms with van der Waals surface area (Å²) < 4.78 is 0. The minimum Gasteiger partial charge on any atom is -0.355 e. The second-order valence-electron chi connectivity index (χ2n) is 4.65. The summed E-state index contributed by atoms with van der Waals surface area (Å²) >= 11 is 0. The molecular formula is C13H28N4O2. The Hall–Kier alpha value is -1.14. The first-order valence-electron chi connectivity index (χ1n) is 7.11. The molecule has 19 heavy (non-hydrogen) atoms. The molecule has 0 spiro atoms. The van der Waals surface area contributed by atoms with Crippen molar-refractivity contribution in [1.82, 2.24) is 10.6 Å². The van der Waals surface area contributed by atoms with Gasteiger partial charge in [0.2, 0.25) is 11.8 Å². The van der Waals surface area contributed by atoms with Crippen LogP contribution in [0.1, 0.15) is 45.4 Å². The van der Waals surface area contributed by atoms with Gasteiger partial charge in [0, 0.05) is 13.1 Å². The van der Waals surface area contributed by atoms with Crippen LogP contribution in [0.3, 0.4) is 0 Å². The topological polar surface area (TPSA) is 110 Å². The van der Waals surface area contributed by atoms with Gasteiger partial charge in [-0.05, 0) is 25.7 Å². The van der Waals surface area contributed by atoms with Gasteiger partial charge in [0.1, 0.15) is 0 Å². The molecule has 6 nitrogen and oxygen atoms in total. The molecule has 6 heteroatoms. The quantitative estimate of drug-likeness (QED) is 0.392. The number of nitrogens with two attached hydrogens (primary N) is 2. The summed E-state index contributed by atoms with van der Waals surface area (Å²) in [6.45, 7) is 3.42. The molecule has 0 aliphatic heterocycles. The Morgan fingerprint density at radius 3 is 2.32 bits per heavy atom. The SMILES string of the molecule is CCCCCNC(=O)[C@@H](N)CCCCNC(=O)CN. The Balaban J connectivity index is 3.48. The maximum absolute atomic E-state index is 11.6. The molecule has 2 amide bonds. The highest BCUT2D eigenvalue weighted by Gasteiger charge is 2.11. The number of carbonyl (C=O) groups excluding carboxylic acids is 2. The van der Waals surface area contributed by atoms with Crippen molar-refractivity contribution < 1.29 is 9.59 Å². The number of rotatable bonds is 11. The molecule has 0 aromatic rings. The van der Waals surface area contributed by atoms with Crippen LogP contribution in [0.15, 0.2) is 0 Å². The lowest BCUT2D eigenvalue weighted by Gasteiger charge is -2.12. The standard InChI is InChI=1S/C13H28N4O2/c1-2-3-5-9-17-13(19)11(15)7-4-6-8-16-12(18)10-14/h11H,2-10,14-15H2,1H3,(H,16,18)(H,17,19)/t11-/m0/s1. The van der Waals surface area contributed by atoms with Crippen molar-refractivity contribution in [2.75, 3.05) is 19.6 Å². The molecule has 0 aliphatic carbocycles. The van der Waals surface area contributed by atoms with Gasteiger partial charge in [0.25, 0.3) is 0 Å². The van der Waals surface area contributed by atoms with Crippen LogP contribution in [-0.4, -0.2) is 37.5 Å². The van der Waals surface area contributed by atoms with E-state index in [-0.39, 0.29) is 18.4 Å². The molecule has 0 unspecified atom stereocenters. The van der Waals surface area contributed by atoms with E-state index in [9.17, 15) is 9.59 Å². The Labute approximate surface area is 115 Å². The average Bonchev–Trinajstić information content (AvgIpc) is 2.42. The van der Waals surface area contributed by atoms with Crippen molar-refractivity contribution in [3.05, 3.63) is 0 Å². The van der Waals surface area contributed by atoms with E-state index < -0.39 is 6.04 Å². The zero-order chi connectivity index (χ0) is 14.5. The summed E-state index contributed by atoms with van der Waals surface area (Å²) in [5, 5.41) is 5.51. The Morgan fingerprint density at radius 2 is 1.68 bits per heavy atom. The third kappa shape index (κ3) is 10.5. The number of amides is 2.